The number of aromatic nitrogens is 5. The fraction of sp³-hybridized carbons (Fsp3) is 0.0526. The molecule has 0 N–H and O–H groups in total. The van der Waals surface area contributed by atoms with Gasteiger partial charge in [0, 0.05) is 7.05 Å². The van der Waals surface area contributed by atoms with Gasteiger partial charge in [-0.3, -0.25) is 0 Å². The molecule has 2 aromatic heterocycles. The highest BCUT2D eigenvalue weighted by Gasteiger charge is 2.11. The summed E-state index contributed by atoms with van der Waals surface area (Å²) in [5, 5.41) is 13.7. The van der Waals surface area contributed by atoms with Gasteiger partial charge in [0.25, 0.3) is 0 Å². The summed E-state index contributed by atoms with van der Waals surface area (Å²) in [5.41, 5.74) is 4.23. The fourth-order valence-electron chi connectivity index (χ4n) is 2.76. The van der Waals surface area contributed by atoms with E-state index in [0.717, 1.165) is 22.3 Å². The van der Waals surface area contributed by atoms with Gasteiger partial charge in [0.2, 0.25) is 0 Å². The molecule has 0 radical (unpaired) electrons. The van der Waals surface area contributed by atoms with Crippen molar-refractivity contribution in [1.29, 1.82) is 5.26 Å². The molecule has 0 spiro atoms. The third-order valence-electron chi connectivity index (χ3n) is 4.04. The molecule has 6 nitrogen and oxygen atoms in total. The predicted molar refractivity (Wildman–Crippen MR) is 95.6 cm³/mol. The van der Waals surface area contributed by atoms with Gasteiger partial charge in [0.15, 0.2) is 5.82 Å². The monoisotopic (exact) mass is 326 g/mol. The minimum atomic E-state index is 0.521. The number of para-hydroxylation sites is 2. The lowest BCUT2D eigenvalue weighted by Gasteiger charge is -2.03. The molecule has 0 atom stereocenters. The van der Waals surface area contributed by atoms with Gasteiger partial charge in [-0.05, 0) is 35.9 Å². The SMILES string of the molecule is Cn1c(/C(C#N)=C/c2ccc(-n3cncn3)cc2)nc2ccccc21. The van der Waals surface area contributed by atoms with Crippen LogP contribution in [0.4, 0.5) is 0 Å². The lowest BCUT2D eigenvalue weighted by molar-refractivity contribution is 0.879. The molecule has 0 saturated carbocycles. The maximum absolute atomic E-state index is 9.60. The Balaban J connectivity index is 1.73. The summed E-state index contributed by atoms with van der Waals surface area (Å²) in [7, 11) is 1.92. The summed E-state index contributed by atoms with van der Waals surface area (Å²) < 4.78 is 3.62. The first kappa shape index (κ1) is 14.8. The molecule has 0 bridgehead atoms. The number of allylic oxidation sites excluding steroid dienone is 1. The molecule has 2 heterocycles. The molecule has 0 aliphatic heterocycles. The van der Waals surface area contributed by atoms with E-state index >= 15 is 0 Å². The minimum absolute atomic E-state index is 0.521. The normalized spacial score (nSPS) is 11.6. The smallest absolute Gasteiger partial charge is 0.151 e. The van der Waals surface area contributed by atoms with E-state index in [1.807, 2.05) is 66.2 Å². The van der Waals surface area contributed by atoms with Crippen molar-refractivity contribution in [3.8, 4) is 11.8 Å². The molecule has 0 saturated heterocycles. The zero-order valence-corrected chi connectivity index (χ0v) is 13.5. The van der Waals surface area contributed by atoms with Crippen molar-refractivity contribution in [2.75, 3.05) is 0 Å². The first-order valence-electron chi connectivity index (χ1n) is 7.75. The van der Waals surface area contributed by atoms with Crippen LogP contribution in [0, 0.1) is 11.3 Å². The summed E-state index contributed by atoms with van der Waals surface area (Å²) in [4.78, 5) is 8.53. The lowest BCUT2D eigenvalue weighted by atomic mass is 10.1. The van der Waals surface area contributed by atoms with E-state index in [1.54, 1.807) is 11.0 Å². The number of hydrogen-bond donors (Lipinski definition) is 0. The molecule has 0 aliphatic carbocycles. The largest absolute Gasteiger partial charge is 0.327 e. The number of aryl methyl sites for hydroxylation is 1. The van der Waals surface area contributed by atoms with E-state index < -0.39 is 0 Å². The molecule has 25 heavy (non-hydrogen) atoms. The van der Waals surface area contributed by atoms with Crippen molar-refractivity contribution < 1.29 is 0 Å². The van der Waals surface area contributed by atoms with Crippen LogP contribution in [0.5, 0.6) is 0 Å². The summed E-state index contributed by atoms with van der Waals surface area (Å²) >= 11 is 0. The van der Waals surface area contributed by atoms with Gasteiger partial charge in [-0.1, -0.05) is 24.3 Å². The fourth-order valence-corrected chi connectivity index (χ4v) is 2.76. The van der Waals surface area contributed by atoms with Crippen molar-refractivity contribution in [2.45, 2.75) is 0 Å². The van der Waals surface area contributed by atoms with Crippen LogP contribution in [-0.2, 0) is 7.05 Å². The molecule has 0 aliphatic rings. The van der Waals surface area contributed by atoms with Crippen molar-refractivity contribution in [1.82, 2.24) is 24.3 Å². The Hall–Kier alpha value is -3.72. The van der Waals surface area contributed by atoms with Crippen LogP contribution >= 0.6 is 0 Å². The van der Waals surface area contributed by atoms with Crippen LogP contribution in [-0.4, -0.2) is 24.3 Å². The topological polar surface area (TPSA) is 72.3 Å². The molecule has 4 rings (SSSR count). The first-order valence-corrected chi connectivity index (χ1v) is 7.75. The number of nitrogens with zero attached hydrogens (tertiary/aromatic N) is 6. The van der Waals surface area contributed by atoms with E-state index in [1.165, 1.54) is 6.33 Å². The van der Waals surface area contributed by atoms with Crippen molar-refractivity contribution in [3.63, 3.8) is 0 Å². The summed E-state index contributed by atoms with van der Waals surface area (Å²) in [5.74, 6) is 0.657. The maximum Gasteiger partial charge on any atom is 0.151 e. The summed E-state index contributed by atoms with van der Waals surface area (Å²) in [6.07, 6.45) is 4.98. The Bertz CT molecular complexity index is 1100. The van der Waals surface area contributed by atoms with Gasteiger partial charge in [0.1, 0.15) is 18.7 Å². The van der Waals surface area contributed by atoms with Gasteiger partial charge in [-0.2, -0.15) is 10.4 Å². The van der Waals surface area contributed by atoms with Crippen LogP contribution in [0.15, 0.2) is 61.2 Å². The second-order valence-electron chi connectivity index (χ2n) is 5.58. The molecule has 4 aromatic rings. The predicted octanol–water partition coefficient (Wildman–Crippen LogP) is 3.22. The number of hydrogen-bond acceptors (Lipinski definition) is 4. The third-order valence-corrected chi connectivity index (χ3v) is 4.04. The Kier molecular flexibility index (Phi) is 3.60. The highest BCUT2D eigenvalue weighted by atomic mass is 15.3. The third kappa shape index (κ3) is 2.68. The Labute approximate surface area is 144 Å². The van der Waals surface area contributed by atoms with Gasteiger partial charge >= 0.3 is 0 Å². The molecular weight excluding hydrogens is 312 g/mol. The number of rotatable bonds is 3. The van der Waals surface area contributed by atoms with E-state index in [4.69, 9.17) is 0 Å². The molecule has 6 heteroatoms. The number of fused-ring (bicyclic) bond motifs is 1. The maximum atomic E-state index is 9.60. The van der Waals surface area contributed by atoms with E-state index in [2.05, 4.69) is 21.1 Å². The van der Waals surface area contributed by atoms with Crippen LogP contribution in [0.3, 0.4) is 0 Å². The van der Waals surface area contributed by atoms with Crippen molar-refractivity contribution in [3.05, 3.63) is 72.6 Å². The zero-order valence-electron chi connectivity index (χ0n) is 13.5. The van der Waals surface area contributed by atoms with Gasteiger partial charge < -0.3 is 4.57 Å². The average molecular weight is 326 g/mol. The van der Waals surface area contributed by atoms with Crippen LogP contribution in [0.2, 0.25) is 0 Å². The molecule has 0 fully saturated rings. The molecule has 2 aromatic carbocycles. The Morgan fingerprint density at radius 3 is 2.60 bits per heavy atom. The lowest BCUT2D eigenvalue weighted by Crippen LogP contribution is -1.96. The van der Waals surface area contributed by atoms with E-state index in [9.17, 15) is 5.26 Å². The molecule has 120 valence electrons. The van der Waals surface area contributed by atoms with Crippen LogP contribution < -0.4 is 0 Å². The van der Waals surface area contributed by atoms with Gasteiger partial charge in [-0.15, -0.1) is 0 Å². The highest BCUT2D eigenvalue weighted by Crippen LogP contribution is 2.22. The summed E-state index contributed by atoms with van der Waals surface area (Å²) in [6.45, 7) is 0. The standard InChI is InChI=1S/C19H14N6/c1-24-18-5-3-2-4-17(18)23-19(24)15(11-20)10-14-6-8-16(9-7-14)25-13-21-12-22-25/h2-10,12-13H,1H3/b15-10+. The molecule has 0 amide bonds. The van der Waals surface area contributed by atoms with Gasteiger partial charge in [-0.25, -0.2) is 14.6 Å². The number of benzene rings is 2. The van der Waals surface area contributed by atoms with Gasteiger partial charge in [0.05, 0.1) is 22.3 Å². The number of nitriles is 1. The quantitative estimate of drug-likeness (QED) is 0.542. The minimum Gasteiger partial charge on any atom is -0.327 e. The second-order valence-corrected chi connectivity index (χ2v) is 5.58. The Morgan fingerprint density at radius 1 is 1.12 bits per heavy atom. The van der Waals surface area contributed by atoms with E-state index in [-0.39, 0.29) is 0 Å². The zero-order chi connectivity index (χ0) is 17.2. The highest BCUT2D eigenvalue weighted by molar-refractivity contribution is 5.90. The summed E-state index contributed by atoms with van der Waals surface area (Å²) in [6, 6.07) is 17.9. The van der Waals surface area contributed by atoms with E-state index in [0.29, 0.717) is 11.4 Å². The number of imidazole rings is 1. The van der Waals surface area contributed by atoms with Crippen LogP contribution in [0.1, 0.15) is 11.4 Å². The average Bonchev–Trinajstić information content (AvgIpc) is 3.29. The van der Waals surface area contributed by atoms with Crippen molar-refractivity contribution >= 4 is 22.7 Å². The van der Waals surface area contributed by atoms with Crippen molar-refractivity contribution in [2.24, 2.45) is 7.05 Å². The second kappa shape index (κ2) is 6.06. The first-order chi connectivity index (χ1) is 12.3. The van der Waals surface area contributed by atoms with Crippen LogP contribution in [0.25, 0.3) is 28.4 Å². The molecular formula is C19H14N6. The molecule has 0 unspecified atom stereocenters. The Morgan fingerprint density at radius 2 is 1.92 bits per heavy atom.